The molecular weight excluding hydrogens is 302 g/mol. The molecular formula is C19H27N3O2. The van der Waals surface area contributed by atoms with Crippen molar-refractivity contribution in [2.45, 2.75) is 38.6 Å². The molecule has 24 heavy (non-hydrogen) atoms. The van der Waals surface area contributed by atoms with Crippen molar-refractivity contribution >= 4 is 17.4 Å². The van der Waals surface area contributed by atoms with Crippen LogP contribution in [-0.2, 0) is 4.79 Å². The van der Waals surface area contributed by atoms with Crippen LogP contribution in [0, 0.1) is 0 Å². The summed E-state index contributed by atoms with van der Waals surface area (Å²) in [4.78, 5) is 28.0. The number of benzene rings is 1. The second-order valence-electron chi connectivity index (χ2n) is 6.92. The van der Waals surface area contributed by atoms with Gasteiger partial charge in [0.05, 0.1) is 6.54 Å². The van der Waals surface area contributed by atoms with Crippen LogP contribution < -0.4 is 10.2 Å². The Morgan fingerprint density at radius 3 is 2.25 bits per heavy atom. The highest BCUT2D eigenvalue weighted by molar-refractivity contribution is 5.94. The van der Waals surface area contributed by atoms with Gasteiger partial charge in [-0.2, -0.15) is 0 Å². The fourth-order valence-corrected chi connectivity index (χ4v) is 3.62. The lowest BCUT2D eigenvalue weighted by Crippen LogP contribution is -2.50. The van der Waals surface area contributed by atoms with E-state index in [-0.39, 0.29) is 11.7 Å². The third-order valence-electron chi connectivity index (χ3n) is 5.10. The van der Waals surface area contributed by atoms with Crippen molar-refractivity contribution in [3.8, 4) is 0 Å². The molecule has 5 nitrogen and oxygen atoms in total. The minimum atomic E-state index is 0.0969. The minimum absolute atomic E-state index is 0.0969. The van der Waals surface area contributed by atoms with Crippen molar-refractivity contribution in [2.75, 3.05) is 37.6 Å². The van der Waals surface area contributed by atoms with Crippen LogP contribution in [0.1, 0.15) is 43.0 Å². The SMILES string of the molecule is CC(=O)c1ccc(N2CCN(CC(=O)NC3CCCC3)CC2)cc1. The van der Waals surface area contributed by atoms with Gasteiger partial charge in [0, 0.05) is 43.5 Å². The molecule has 1 amide bonds. The highest BCUT2D eigenvalue weighted by Gasteiger charge is 2.22. The molecule has 1 N–H and O–H groups in total. The molecule has 130 valence electrons. The van der Waals surface area contributed by atoms with Gasteiger partial charge >= 0.3 is 0 Å². The fourth-order valence-electron chi connectivity index (χ4n) is 3.62. The van der Waals surface area contributed by atoms with Crippen LogP contribution in [0.25, 0.3) is 0 Å². The van der Waals surface area contributed by atoms with Crippen molar-refractivity contribution in [3.05, 3.63) is 29.8 Å². The molecule has 0 radical (unpaired) electrons. The molecule has 0 bridgehead atoms. The molecule has 0 spiro atoms. The molecule has 1 aromatic rings. The Kier molecular flexibility index (Phi) is 5.51. The Labute approximate surface area is 144 Å². The number of carbonyl (C=O) groups is 2. The third-order valence-corrected chi connectivity index (χ3v) is 5.10. The summed E-state index contributed by atoms with van der Waals surface area (Å²) in [5, 5.41) is 3.16. The predicted octanol–water partition coefficient (Wildman–Crippen LogP) is 2.07. The van der Waals surface area contributed by atoms with Crippen LogP contribution in [0.5, 0.6) is 0 Å². The maximum atomic E-state index is 12.1. The van der Waals surface area contributed by atoms with E-state index in [1.165, 1.54) is 12.8 Å². The summed E-state index contributed by atoms with van der Waals surface area (Å²) >= 11 is 0. The molecule has 1 heterocycles. The highest BCUT2D eigenvalue weighted by atomic mass is 16.2. The first-order valence-electron chi connectivity index (χ1n) is 8.99. The van der Waals surface area contributed by atoms with Crippen molar-refractivity contribution < 1.29 is 9.59 Å². The lowest BCUT2D eigenvalue weighted by molar-refractivity contribution is -0.123. The minimum Gasteiger partial charge on any atom is -0.369 e. The van der Waals surface area contributed by atoms with Crippen LogP contribution in [0.3, 0.4) is 0 Å². The first-order valence-corrected chi connectivity index (χ1v) is 8.99. The van der Waals surface area contributed by atoms with E-state index in [4.69, 9.17) is 0 Å². The Hall–Kier alpha value is -1.88. The molecule has 1 saturated carbocycles. The van der Waals surface area contributed by atoms with Gasteiger partial charge in [0.1, 0.15) is 0 Å². The van der Waals surface area contributed by atoms with Gasteiger partial charge in [0.15, 0.2) is 5.78 Å². The Balaban J connectivity index is 1.45. The van der Waals surface area contributed by atoms with Gasteiger partial charge < -0.3 is 10.2 Å². The van der Waals surface area contributed by atoms with Gasteiger partial charge in [-0.15, -0.1) is 0 Å². The normalized spacial score (nSPS) is 19.5. The second kappa shape index (κ2) is 7.79. The van der Waals surface area contributed by atoms with E-state index in [1.807, 2.05) is 24.3 Å². The largest absolute Gasteiger partial charge is 0.369 e. The maximum Gasteiger partial charge on any atom is 0.234 e. The molecule has 0 atom stereocenters. The van der Waals surface area contributed by atoms with E-state index < -0.39 is 0 Å². The highest BCUT2D eigenvalue weighted by Crippen LogP contribution is 2.19. The third kappa shape index (κ3) is 4.35. The van der Waals surface area contributed by atoms with Gasteiger partial charge in [0.2, 0.25) is 5.91 Å². The number of anilines is 1. The molecule has 3 rings (SSSR count). The zero-order chi connectivity index (χ0) is 16.9. The molecule has 1 aromatic carbocycles. The van der Waals surface area contributed by atoms with Crippen molar-refractivity contribution in [2.24, 2.45) is 0 Å². The summed E-state index contributed by atoms with van der Waals surface area (Å²) in [6, 6.07) is 8.20. The number of Topliss-reactive ketones (excluding diaryl/α,β-unsaturated/α-hetero) is 1. The molecule has 1 saturated heterocycles. The molecule has 1 aliphatic heterocycles. The van der Waals surface area contributed by atoms with Gasteiger partial charge in [-0.25, -0.2) is 0 Å². The summed E-state index contributed by atoms with van der Waals surface area (Å²) in [6.45, 7) is 5.71. The van der Waals surface area contributed by atoms with Crippen LogP contribution in [-0.4, -0.2) is 55.4 Å². The molecule has 0 aromatic heterocycles. The van der Waals surface area contributed by atoms with E-state index >= 15 is 0 Å². The quantitative estimate of drug-likeness (QED) is 0.840. The van der Waals surface area contributed by atoms with E-state index in [0.717, 1.165) is 50.3 Å². The van der Waals surface area contributed by atoms with Crippen LogP contribution >= 0.6 is 0 Å². The summed E-state index contributed by atoms with van der Waals surface area (Å²) in [6.07, 6.45) is 4.75. The average molecular weight is 329 g/mol. The van der Waals surface area contributed by atoms with Crippen molar-refractivity contribution in [3.63, 3.8) is 0 Å². The molecule has 2 aliphatic rings. The lowest BCUT2D eigenvalue weighted by Gasteiger charge is -2.36. The van der Waals surface area contributed by atoms with E-state index in [9.17, 15) is 9.59 Å². The summed E-state index contributed by atoms with van der Waals surface area (Å²) in [5.41, 5.74) is 1.90. The fraction of sp³-hybridized carbons (Fsp3) is 0.579. The summed E-state index contributed by atoms with van der Waals surface area (Å²) < 4.78 is 0. The zero-order valence-electron chi connectivity index (χ0n) is 14.5. The summed E-state index contributed by atoms with van der Waals surface area (Å²) in [7, 11) is 0. The first-order chi connectivity index (χ1) is 11.6. The van der Waals surface area contributed by atoms with Gasteiger partial charge in [-0.3, -0.25) is 14.5 Å². The Morgan fingerprint density at radius 1 is 1.04 bits per heavy atom. The molecule has 5 heteroatoms. The maximum absolute atomic E-state index is 12.1. The number of hydrogen-bond donors (Lipinski definition) is 1. The Morgan fingerprint density at radius 2 is 1.67 bits per heavy atom. The molecule has 0 unspecified atom stereocenters. The second-order valence-corrected chi connectivity index (χ2v) is 6.92. The van der Waals surface area contributed by atoms with Gasteiger partial charge in [-0.1, -0.05) is 12.8 Å². The monoisotopic (exact) mass is 329 g/mol. The van der Waals surface area contributed by atoms with Gasteiger partial charge in [0.25, 0.3) is 0 Å². The summed E-state index contributed by atoms with van der Waals surface area (Å²) in [5.74, 6) is 0.265. The molecule has 1 aliphatic carbocycles. The lowest BCUT2D eigenvalue weighted by atomic mass is 10.1. The number of rotatable bonds is 5. The van der Waals surface area contributed by atoms with Crippen molar-refractivity contribution in [1.82, 2.24) is 10.2 Å². The standard InChI is InChI=1S/C19H27N3O2/c1-15(23)16-6-8-18(9-7-16)22-12-10-21(11-13-22)14-19(24)20-17-4-2-3-5-17/h6-9,17H,2-5,10-14H2,1H3,(H,20,24). The number of piperazine rings is 1. The first kappa shape index (κ1) is 17.0. The number of nitrogens with zero attached hydrogens (tertiary/aromatic N) is 2. The van der Waals surface area contributed by atoms with E-state index in [2.05, 4.69) is 15.1 Å². The Bertz CT molecular complexity index is 571. The van der Waals surface area contributed by atoms with E-state index in [0.29, 0.717) is 12.6 Å². The van der Waals surface area contributed by atoms with Crippen LogP contribution in [0.15, 0.2) is 24.3 Å². The topological polar surface area (TPSA) is 52.7 Å². The van der Waals surface area contributed by atoms with Crippen LogP contribution in [0.4, 0.5) is 5.69 Å². The number of ketones is 1. The van der Waals surface area contributed by atoms with Crippen LogP contribution in [0.2, 0.25) is 0 Å². The predicted molar refractivity (Wildman–Crippen MR) is 95.5 cm³/mol. The number of hydrogen-bond acceptors (Lipinski definition) is 4. The average Bonchev–Trinajstić information content (AvgIpc) is 3.08. The number of nitrogens with one attached hydrogen (secondary N) is 1. The zero-order valence-corrected chi connectivity index (χ0v) is 14.5. The molecule has 2 fully saturated rings. The number of amides is 1. The van der Waals surface area contributed by atoms with Gasteiger partial charge in [-0.05, 0) is 44.0 Å². The van der Waals surface area contributed by atoms with Crippen molar-refractivity contribution in [1.29, 1.82) is 0 Å². The van der Waals surface area contributed by atoms with E-state index in [1.54, 1.807) is 6.92 Å². The smallest absolute Gasteiger partial charge is 0.234 e. The number of carbonyl (C=O) groups excluding carboxylic acids is 2.